The van der Waals surface area contributed by atoms with Gasteiger partial charge in [-0.2, -0.15) is 5.10 Å². The molecule has 7 rings (SSSR count). The van der Waals surface area contributed by atoms with Gasteiger partial charge in [0.2, 0.25) is 5.91 Å². The maximum atomic E-state index is 13.2. The molecule has 0 bridgehead atoms. The lowest BCUT2D eigenvalue weighted by atomic mass is 10.1. The van der Waals surface area contributed by atoms with Gasteiger partial charge >= 0.3 is 0 Å². The maximum absolute atomic E-state index is 13.2. The summed E-state index contributed by atoms with van der Waals surface area (Å²) in [6, 6.07) is 3.78. The third kappa shape index (κ3) is 4.12. The zero-order chi connectivity index (χ0) is 26.5. The fourth-order valence-electron chi connectivity index (χ4n) is 4.76. The van der Waals surface area contributed by atoms with Crippen molar-refractivity contribution in [3.8, 4) is 22.6 Å². The van der Waals surface area contributed by atoms with Gasteiger partial charge in [0.05, 0.1) is 42.2 Å². The maximum Gasteiger partial charge on any atom is 0.257 e. The Bertz CT molecular complexity index is 1750. The molecule has 39 heavy (non-hydrogen) atoms. The Morgan fingerprint density at radius 1 is 1.03 bits per heavy atom. The van der Waals surface area contributed by atoms with E-state index < -0.39 is 0 Å². The van der Waals surface area contributed by atoms with Gasteiger partial charge in [-0.1, -0.05) is 0 Å². The van der Waals surface area contributed by atoms with E-state index in [1.54, 1.807) is 29.7 Å². The molecule has 0 atom stereocenters. The van der Waals surface area contributed by atoms with Crippen molar-refractivity contribution in [1.82, 2.24) is 39.7 Å². The topological polar surface area (TPSA) is 170 Å². The van der Waals surface area contributed by atoms with E-state index >= 15 is 0 Å². The average Bonchev–Trinajstić information content (AvgIpc) is 3.67. The van der Waals surface area contributed by atoms with Crippen LogP contribution in [0.2, 0.25) is 0 Å². The number of nitrogens with one attached hydrogen (secondary N) is 2. The number of anilines is 1. The van der Waals surface area contributed by atoms with Crippen LogP contribution < -0.4 is 11.2 Å². The summed E-state index contributed by atoms with van der Waals surface area (Å²) in [5, 5.41) is 11.0. The molecule has 5 aromatic rings. The molecular weight excluding hydrogens is 500 g/mol. The van der Waals surface area contributed by atoms with E-state index in [4.69, 9.17) is 15.6 Å². The van der Waals surface area contributed by atoms with Gasteiger partial charge in [-0.05, 0) is 25.0 Å². The number of H-pyrrole nitrogens is 1. The molecule has 2 amide bonds. The fraction of sp³-hybridized carbons (Fsp3) is 0.269. The smallest absolute Gasteiger partial charge is 0.257 e. The zero-order valence-electron chi connectivity index (χ0n) is 20.8. The van der Waals surface area contributed by atoms with E-state index in [1.165, 1.54) is 10.9 Å². The van der Waals surface area contributed by atoms with Crippen LogP contribution in [0.1, 0.15) is 23.2 Å². The summed E-state index contributed by atoms with van der Waals surface area (Å²) >= 11 is 0. The van der Waals surface area contributed by atoms with Crippen molar-refractivity contribution in [2.24, 2.45) is 5.92 Å². The summed E-state index contributed by atoms with van der Waals surface area (Å²) in [7, 11) is 0. The molecule has 6 heterocycles. The van der Waals surface area contributed by atoms with Crippen LogP contribution in [-0.4, -0.2) is 77.8 Å². The number of nitrogen functional groups attached to an aromatic ring is 1. The van der Waals surface area contributed by atoms with E-state index in [9.17, 15) is 9.59 Å². The Morgan fingerprint density at radius 2 is 1.82 bits per heavy atom. The largest absolute Gasteiger partial charge is 0.378 e. The highest BCUT2D eigenvalue weighted by Gasteiger charge is 2.30. The molecule has 4 N–H and O–H groups in total. The van der Waals surface area contributed by atoms with Gasteiger partial charge in [0.15, 0.2) is 11.5 Å². The summed E-state index contributed by atoms with van der Waals surface area (Å²) in [5.41, 5.74) is 4.55. The fourth-order valence-corrected chi connectivity index (χ4v) is 4.76. The van der Waals surface area contributed by atoms with Gasteiger partial charge in [-0.25, -0.2) is 14.6 Å². The highest BCUT2D eigenvalue weighted by Crippen LogP contribution is 2.33. The van der Waals surface area contributed by atoms with Gasteiger partial charge in [-0.15, -0.1) is 0 Å². The number of amides is 2. The number of carbonyl (C=O) groups is 2. The quantitative estimate of drug-likeness (QED) is 0.291. The zero-order valence-corrected chi connectivity index (χ0v) is 20.8. The van der Waals surface area contributed by atoms with Crippen molar-refractivity contribution in [2.75, 3.05) is 37.5 Å². The first-order valence-corrected chi connectivity index (χ1v) is 12.7. The van der Waals surface area contributed by atoms with Crippen LogP contribution in [0.3, 0.4) is 0 Å². The van der Waals surface area contributed by atoms with E-state index in [0.717, 1.165) is 24.0 Å². The molecule has 1 aliphatic carbocycles. The summed E-state index contributed by atoms with van der Waals surface area (Å²) in [6.45, 7) is 1.99. The number of hydrogen-bond donors (Lipinski definition) is 3. The average molecular weight is 525 g/mol. The van der Waals surface area contributed by atoms with Crippen LogP contribution in [-0.2, 0) is 9.53 Å². The number of fused-ring (bicyclic) bond motifs is 2. The Balaban J connectivity index is 1.27. The van der Waals surface area contributed by atoms with Gasteiger partial charge in [0.25, 0.3) is 5.91 Å². The third-order valence-electron chi connectivity index (χ3n) is 7.05. The minimum Gasteiger partial charge on any atom is -0.378 e. The molecule has 0 aromatic carbocycles. The number of hydrogen-bond acceptors (Lipinski definition) is 9. The standard InChI is InChI=1S/C26H24N10O3/c27-36-20-13-29-12-19(26(38)35-3-5-39-6-4-35)21(20)32-24(36)22-18-8-16(10-30-23(18)34-33-22)15-7-17(11-28-9-15)31-25(37)14-1-2-14/h7-14H,1-6,27H2,(H,31,37)(H,30,33,34). The van der Waals surface area contributed by atoms with Crippen LogP contribution in [0, 0.1) is 5.92 Å². The Hall–Kier alpha value is -4.91. The van der Waals surface area contributed by atoms with Gasteiger partial charge in [-0.3, -0.25) is 24.7 Å². The molecular formula is C26H24N10O3. The highest BCUT2D eigenvalue weighted by molar-refractivity contribution is 6.05. The summed E-state index contributed by atoms with van der Waals surface area (Å²) in [5.74, 6) is 6.76. The first-order valence-electron chi connectivity index (χ1n) is 12.7. The van der Waals surface area contributed by atoms with E-state index in [1.807, 2.05) is 12.1 Å². The van der Waals surface area contributed by atoms with Gasteiger partial charge in [0.1, 0.15) is 16.7 Å². The molecule has 196 valence electrons. The summed E-state index contributed by atoms with van der Waals surface area (Å²) in [6.07, 6.45) is 9.99. The van der Waals surface area contributed by atoms with E-state index in [0.29, 0.717) is 71.1 Å². The molecule has 1 saturated heterocycles. The molecule has 2 fully saturated rings. The lowest BCUT2D eigenvalue weighted by Crippen LogP contribution is -2.40. The molecule has 1 aliphatic heterocycles. The van der Waals surface area contributed by atoms with Crippen molar-refractivity contribution < 1.29 is 14.3 Å². The molecule has 0 radical (unpaired) electrons. The molecule has 13 heteroatoms. The Kier molecular flexibility index (Phi) is 5.44. The van der Waals surface area contributed by atoms with Crippen molar-refractivity contribution in [3.05, 3.63) is 48.7 Å². The van der Waals surface area contributed by atoms with Crippen LogP contribution in [0.15, 0.2) is 43.1 Å². The Labute approximate surface area is 221 Å². The number of imidazole rings is 1. The van der Waals surface area contributed by atoms with E-state index in [2.05, 4.69) is 30.5 Å². The monoisotopic (exact) mass is 524 g/mol. The molecule has 0 unspecified atom stereocenters. The number of nitrogens with zero attached hydrogens (tertiary/aromatic N) is 7. The predicted molar refractivity (Wildman–Crippen MR) is 142 cm³/mol. The summed E-state index contributed by atoms with van der Waals surface area (Å²) < 4.78 is 6.76. The molecule has 0 spiro atoms. The van der Waals surface area contributed by atoms with Crippen molar-refractivity contribution >= 4 is 39.6 Å². The lowest BCUT2D eigenvalue weighted by Gasteiger charge is -2.26. The number of ether oxygens (including phenoxy) is 1. The minimum atomic E-state index is -0.168. The van der Waals surface area contributed by atoms with Crippen LogP contribution >= 0.6 is 0 Å². The van der Waals surface area contributed by atoms with Crippen molar-refractivity contribution in [2.45, 2.75) is 12.8 Å². The number of morpholine rings is 1. The summed E-state index contributed by atoms with van der Waals surface area (Å²) in [4.78, 5) is 45.0. The van der Waals surface area contributed by atoms with Gasteiger partial charge in [0, 0.05) is 48.7 Å². The number of rotatable bonds is 5. The predicted octanol–water partition coefficient (Wildman–Crippen LogP) is 1.97. The van der Waals surface area contributed by atoms with Crippen LogP contribution in [0.25, 0.3) is 44.7 Å². The molecule has 5 aromatic heterocycles. The highest BCUT2D eigenvalue weighted by atomic mass is 16.5. The number of pyridine rings is 3. The minimum absolute atomic E-state index is 0.0162. The van der Waals surface area contributed by atoms with Crippen molar-refractivity contribution in [3.63, 3.8) is 0 Å². The second-order valence-corrected chi connectivity index (χ2v) is 9.68. The molecule has 2 aliphatic rings. The van der Waals surface area contributed by atoms with E-state index in [-0.39, 0.29) is 17.7 Å². The first kappa shape index (κ1) is 23.2. The first-order chi connectivity index (χ1) is 19.1. The number of aromatic nitrogens is 7. The second-order valence-electron chi connectivity index (χ2n) is 9.68. The van der Waals surface area contributed by atoms with Gasteiger partial charge < -0.3 is 20.8 Å². The Morgan fingerprint density at radius 3 is 2.64 bits per heavy atom. The molecule has 13 nitrogen and oxygen atoms in total. The van der Waals surface area contributed by atoms with Crippen LogP contribution in [0.5, 0.6) is 0 Å². The number of nitrogens with two attached hydrogens (primary N) is 1. The number of carbonyl (C=O) groups excluding carboxylic acids is 2. The normalized spacial score (nSPS) is 15.6. The van der Waals surface area contributed by atoms with Crippen LogP contribution in [0.4, 0.5) is 5.69 Å². The lowest BCUT2D eigenvalue weighted by molar-refractivity contribution is -0.117. The van der Waals surface area contributed by atoms with Crippen molar-refractivity contribution in [1.29, 1.82) is 0 Å². The third-order valence-corrected chi connectivity index (χ3v) is 7.05. The molecule has 1 saturated carbocycles. The SMILES string of the molecule is Nn1c(-c2n[nH]c3ncc(-c4cncc(NC(=O)C5CC5)c4)cc23)nc2c(C(=O)N3CCOCC3)cncc21. The number of aromatic amines is 1. The second kappa shape index (κ2) is 9.13.